The first kappa shape index (κ1) is 9.59. The second-order valence-electron chi connectivity index (χ2n) is 3.37. The average Bonchev–Trinajstić information content (AvgIpc) is 2.30. The lowest BCUT2D eigenvalue weighted by Gasteiger charge is -1.94. The molecule has 0 aliphatic heterocycles. The number of aryl methyl sites for hydroxylation is 1. The van der Waals surface area contributed by atoms with Crippen molar-refractivity contribution >= 4 is 12.2 Å². The largest absolute Gasteiger partial charge is 0.261 e. The van der Waals surface area contributed by atoms with Crippen molar-refractivity contribution in [2.45, 2.75) is 6.92 Å². The Morgan fingerprint density at radius 1 is 1.00 bits per heavy atom. The summed E-state index contributed by atoms with van der Waals surface area (Å²) in [4.78, 5) is 8.16. The quantitative estimate of drug-likeness (QED) is 0.738. The first-order valence-corrected chi connectivity index (χ1v) is 4.85. The number of aromatic nitrogens is 2. The lowest BCUT2D eigenvalue weighted by molar-refractivity contribution is 1.18. The zero-order chi connectivity index (χ0) is 10.5. The Kier molecular flexibility index (Phi) is 2.88. The first-order chi connectivity index (χ1) is 7.34. The molecule has 1 aromatic carbocycles. The lowest BCUT2D eigenvalue weighted by Crippen LogP contribution is -1.80. The highest BCUT2D eigenvalue weighted by Crippen LogP contribution is 2.07. The number of hydrogen-bond acceptors (Lipinski definition) is 2. The zero-order valence-corrected chi connectivity index (χ0v) is 8.59. The molecule has 0 fully saturated rings. The van der Waals surface area contributed by atoms with Gasteiger partial charge in [0, 0.05) is 12.4 Å². The molecule has 2 rings (SSSR count). The Morgan fingerprint density at radius 3 is 2.47 bits per heavy atom. The molecule has 0 N–H and O–H groups in total. The average molecular weight is 196 g/mol. The van der Waals surface area contributed by atoms with E-state index in [1.807, 2.05) is 12.2 Å². The van der Waals surface area contributed by atoms with Crippen LogP contribution in [0.1, 0.15) is 16.8 Å². The van der Waals surface area contributed by atoms with Gasteiger partial charge in [0.1, 0.15) is 0 Å². The van der Waals surface area contributed by atoms with Crippen LogP contribution in [0.5, 0.6) is 0 Å². The summed E-state index contributed by atoms with van der Waals surface area (Å²) >= 11 is 0. The lowest BCUT2D eigenvalue weighted by atomic mass is 10.1. The van der Waals surface area contributed by atoms with E-state index in [0.29, 0.717) is 0 Å². The molecule has 0 saturated carbocycles. The molecule has 2 heteroatoms. The molecular weight excluding hydrogens is 184 g/mol. The summed E-state index contributed by atoms with van der Waals surface area (Å²) in [5.74, 6) is 0. The SMILES string of the molecule is Cc1ccc(C=Cc2cnccn2)cc1. The van der Waals surface area contributed by atoms with Crippen molar-refractivity contribution in [1.29, 1.82) is 0 Å². The fraction of sp³-hybridized carbons (Fsp3) is 0.0769. The van der Waals surface area contributed by atoms with Crippen molar-refractivity contribution < 1.29 is 0 Å². The van der Waals surface area contributed by atoms with Crippen molar-refractivity contribution in [3.05, 3.63) is 59.7 Å². The highest BCUT2D eigenvalue weighted by molar-refractivity contribution is 5.67. The Balaban J connectivity index is 2.15. The third-order valence-corrected chi connectivity index (χ3v) is 2.11. The monoisotopic (exact) mass is 196 g/mol. The van der Waals surface area contributed by atoms with Gasteiger partial charge in [0.05, 0.1) is 11.9 Å². The van der Waals surface area contributed by atoms with Crippen molar-refractivity contribution in [3.8, 4) is 0 Å². The summed E-state index contributed by atoms with van der Waals surface area (Å²) in [7, 11) is 0. The smallest absolute Gasteiger partial charge is 0.0813 e. The van der Waals surface area contributed by atoms with E-state index in [0.717, 1.165) is 5.69 Å². The number of nitrogens with zero attached hydrogens (tertiary/aromatic N) is 2. The van der Waals surface area contributed by atoms with E-state index in [1.54, 1.807) is 18.6 Å². The predicted octanol–water partition coefficient (Wildman–Crippen LogP) is 2.96. The van der Waals surface area contributed by atoms with Crippen LogP contribution in [-0.4, -0.2) is 9.97 Å². The van der Waals surface area contributed by atoms with Crippen LogP contribution < -0.4 is 0 Å². The molecule has 0 radical (unpaired) electrons. The normalized spacial score (nSPS) is 10.7. The minimum atomic E-state index is 0.873. The molecule has 1 aromatic heterocycles. The molecule has 2 nitrogen and oxygen atoms in total. The molecule has 0 amide bonds. The van der Waals surface area contributed by atoms with Gasteiger partial charge in [-0.2, -0.15) is 0 Å². The van der Waals surface area contributed by atoms with Crippen LogP contribution in [0.4, 0.5) is 0 Å². The maximum Gasteiger partial charge on any atom is 0.0813 e. The summed E-state index contributed by atoms with van der Waals surface area (Å²) in [6.07, 6.45) is 9.09. The summed E-state index contributed by atoms with van der Waals surface area (Å²) in [6.45, 7) is 2.08. The fourth-order valence-electron chi connectivity index (χ4n) is 1.26. The molecule has 0 atom stereocenters. The van der Waals surface area contributed by atoms with Gasteiger partial charge in [-0.15, -0.1) is 0 Å². The van der Waals surface area contributed by atoms with Crippen LogP contribution in [0.15, 0.2) is 42.9 Å². The topological polar surface area (TPSA) is 25.8 Å². The maximum atomic E-state index is 4.16. The van der Waals surface area contributed by atoms with Crippen LogP contribution in [0.3, 0.4) is 0 Å². The molecule has 0 aliphatic rings. The highest BCUT2D eigenvalue weighted by Gasteiger charge is 1.88. The molecule has 15 heavy (non-hydrogen) atoms. The first-order valence-electron chi connectivity index (χ1n) is 4.85. The molecule has 0 unspecified atom stereocenters. The Bertz CT molecular complexity index is 444. The third-order valence-electron chi connectivity index (χ3n) is 2.11. The molecule has 0 bridgehead atoms. The van der Waals surface area contributed by atoms with E-state index in [9.17, 15) is 0 Å². The van der Waals surface area contributed by atoms with Crippen molar-refractivity contribution in [2.24, 2.45) is 0 Å². The summed E-state index contributed by atoms with van der Waals surface area (Å²) in [5.41, 5.74) is 3.32. The molecule has 0 aliphatic carbocycles. The standard InChI is InChI=1S/C13H12N2/c1-11-2-4-12(5-3-11)6-7-13-10-14-8-9-15-13/h2-10H,1H3. The van der Waals surface area contributed by atoms with E-state index in [2.05, 4.69) is 41.2 Å². The van der Waals surface area contributed by atoms with E-state index in [1.165, 1.54) is 11.1 Å². The summed E-state index contributed by atoms with van der Waals surface area (Å²) in [5, 5.41) is 0. The van der Waals surface area contributed by atoms with E-state index < -0.39 is 0 Å². The van der Waals surface area contributed by atoms with Crippen LogP contribution in [0, 0.1) is 6.92 Å². The van der Waals surface area contributed by atoms with Crippen LogP contribution in [0.25, 0.3) is 12.2 Å². The Hall–Kier alpha value is -1.96. The van der Waals surface area contributed by atoms with E-state index in [-0.39, 0.29) is 0 Å². The number of hydrogen-bond donors (Lipinski definition) is 0. The van der Waals surface area contributed by atoms with Crippen molar-refractivity contribution in [1.82, 2.24) is 9.97 Å². The molecule has 1 heterocycles. The van der Waals surface area contributed by atoms with Gasteiger partial charge in [-0.25, -0.2) is 0 Å². The van der Waals surface area contributed by atoms with Gasteiger partial charge in [0.25, 0.3) is 0 Å². The Morgan fingerprint density at radius 2 is 1.80 bits per heavy atom. The number of rotatable bonds is 2. The number of benzene rings is 1. The second-order valence-corrected chi connectivity index (χ2v) is 3.37. The minimum Gasteiger partial charge on any atom is -0.261 e. The van der Waals surface area contributed by atoms with Gasteiger partial charge in [-0.3, -0.25) is 9.97 Å². The van der Waals surface area contributed by atoms with Gasteiger partial charge in [0.15, 0.2) is 0 Å². The third kappa shape index (κ3) is 2.74. The van der Waals surface area contributed by atoms with Crippen LogP contribution in [-0.2, 0) is 0 Å². The van der Waals surface area contributed by atoms with E-state index >= 15 is 0 Å². The highest BCUT2D eigenvalue weighted by atomic mass is 14.7. The summed E-state index contributed by atoms with van der Waals surface area (Å²) < 4.78 is 0. The van der Waals surface area contributed by atoms with Crippen LogP contribution in [0.2, 0.25) is 0 Å². The molecule has 74 valence electrons. The van der Waals surface area contributed by atoms with Gasteiger partial charge in [-0.05, 0) is 18.6 Å². The second kappa shape index (κ2) is 4.51. The van der Waals surface area contributed by atoms with Gasteiger partial charge >= 0.3 is 0 Å². The van der Waals surface area contributed by atoms with Gasteiger partial charge in [-0.1, -0.05) is 35.9 Å². The zero-order valence-electron chi connectivity index (χ0n) is 8.59. The maximum absolute atomic E-state index is 4.16. The van der Waals surface area contributed by atoms with Crippen molar-refractivity contribution in [2.75, 3.05) is 0 Å². The molecular formula is C13H12N2. The summed E-state index contributed by atoms with van der Waals surface area (Å²) in [6, 6.07) is 8.36. The van der Waals surface area contributed by atoms with Gasteiger partial charge < -0.3 is 0 Å². The van der Waals surface area contributed by atoms with Crippen LogP contribution >= 0.6 is 0 Å². The fourth-order valence-corrected chi connectivity index (χ4v) is 1.26. The molecule has 0 spiro atoms. The Labute approximate surface area is 89.3 Å². The molecule has 0 saturated heterocycles. The van der Waals surface area contributed by atoms with Gasteiger partial charge in [0.2, 0.25) is 0 Å². The predicted molar refractivity (Wildman–Crippen MR) is 62.1 cm³/mol. The minimum absolute atomic E-state index is 0.873. The van der Waals surface area contributed by atoms with E-state index in [4.69, 9.17) is 0 Å². The van der Waals surface area contributed by atoms with Crippen molar-refractivity contribution in [3.63, 3.8) is 0 Å². The molecule has 2 aromatic rings.